The Labute approximate surface area is 780 Å². The first-order valence-corrected chi connectivity index (χ1v) is 42.3. The van der Waals surface area contributed by atoms with E-state index in [1.807, 2.05) is 182 Å². The van der Waals surface area contributed by atoms with Gasteiger partial charge in [0.15, 0.2) is 0 Å². The van der Waals surface area contributed by atoms with Gasteiger partial charge in [0.05, 0.1) is 83.0 Å². The van der Waals surface area contributed by atoms with Crippen LogP contribution >= 0.6 is 0 Å². The van der Waals surface area contributed by atoms with Gasteiger partial charge in [0.25, 0.3) is 0 Å². The molecule has 0 aliphatic heterocycles. The zero-order chi connectivity index (χ0) is 89.7. The Balaban J connectivity index is 0.000000156. The average Bonchev–Trinajstić information content (AvgIpc) is 1.41. The molecule has 0 spiro atoms. The predicted octanol–water partition coefficient (Wildman–Crippen LogP) is 26.2. The van der Waals surface area contributed by atoms with Crippen LogP contribution in [0.5, 0.6) is 23.0 Å². The number of aryl methyl sites for hydroxylation is 2. The quantitative estimate of drug-likeness (QED) is 0.0850. The van der Waals surface area contributed by atoms with E-state index in [0.29, 0.717) is 56.4 Å². The van der Waals surface area contributed by atoms with E-state index in [1.165, 1.54) is 9.13 Å². The smallest absolute Gasteiger partial charge is 0.242 e. The molecule has 0 saturated carbocycles. The zero-order valence-electron chi connectivity index (χ0n) is 75.7. The maximum Gasteiger partial charge on any atom is 0.242 e. The number of ether oxygens (including phenoxy) is 2. The van der Waals surface area contributed by atoms with E-state index in [2.05, 4.69) is 272 Å². The van der Waals surface area contributed by atoms with Gasteiger partial charge < -0.3 is 50.6 Å². The number of para-hydroxylation sites is 10. The summed E-state index contributed by atoms with van der Waals surface area (Å²) in [6, 6.07) is 137. The second-order valence-electron chi connectivity index (χ2n) is 32.9. The molecule has 0 saturated heterocycles. The Morgan fingerprint density at radius 3 is 1.07 bits per heavy atom. The van der Waals surface area contributed by atoms with Crippen LogP contribution in [0.2, 0.25) is 0 Å². The van der Waals surface area contributed by atoms with Crippen LogP contribution in [0.3, 0.4) is 0 Å². The molecule has 0 amide bonds. The van der Waals surface area contributed by atoms with Crippen molar-refractivity contribution in [3.05, 3.63) is 419 Å². The molecule has 0 bridgehead atoms. The molecule has 0 radical (unpaired) electrons. The molecule has 624 valence electrons. The number of aromatic nitrogens is 11. The van der Waals surface area contributed by atoms with Crippen molar-refractivity contribution >= 4 is 131 Å². The fourth-order valence-electron chi connectivity index (χ4n) is 19.2. The largest absolute Gasteiger partial charge is 0.510 e. The van der Waals surface area contributed by atoms with Gasteiger partial charge in [-0.2, -0.15) is 36.4 Å². The van der Waals surface area contributed by atoms with Crippen LogP contribution in [0.1, 0.15) is 34.6 Å². The molecule has 0 atom stereocenters. The molecule has 0 unspecified atom stereocenters. The third-order valence-electron chi connectivity index (χ3n) is 24.5. The van der Waals surface area contributed by atoms with Crippen LogP contribution in [0.15, 0.2) is 376 Å². The van der Waals surface area contributed by atoms with E-state index in [-0.39, 0.29) is 47.5 Å². The molecule has 15 heteroatoms. The van der Waals surface area contributed by atoms with Crippen molar-refractivity contribution in [2.45, 2.75) is 26.2 Å². The second-order valence-corrected chi connectivity index (χ2v) is 32.9. The topological polar surface area (TPSA) is 86.5 Å². The van der Waals surface area contributed by atoms with Gasteiger partial charge in [0, 0.05) is 143 Å². The van der Waals surface area contributed by atoms with E-state index in [1.54, 1.807) is 21.5 Å². The summed E-state index contributed by atoms with van der Waals surface area (Å²) in [4.78, 5) is 9.34. The Kier molecular flexibility index (Phi) is 18.1. The maximum absolute atomic E-state index is 9.10. The first-order valence-electron chi connectivity index (χ1n) is 45.3. The van der Waals surface area contributed by atoms with Gasteiger partial charge in [-0.25, -0.2) is 9.97 Å². The minimum absolute atomic E-state index is 0. The summed E-state index contributed by atoms with van der Waals surface area (Å²) in [5.74, 6) is 3.42. The Hall–Kier alpha value is -15.3. The first kappa shape index (κ1) is 73.0. The molecule has 25 rings (SSSR count). The summed E-state index contributed by atoms with van der Waals surface area (Å²) < 4.78 is 84.3. The number of hydrogen-bond donors (Lipinski definition) is 0. The zero-order valence-corrected chi connectivity index (χ0v) is 74.2. The van der Waals surface area contributed by atoms with Crippen LogP contribution in [0.25, 0.3) is 193 Å². The number of imidazole rings is 2. The van der Waals surface area contributed by atoms with Gasteiger partial charge in [-0.1, -0.05) is 256 Å². The van der Waals surface area contributed by atoms with Crippen LogP contribution in [0, 0.1) is 36.9 Å². The van der Waals surface area contributed by atoms with Crippen molar-refractivity contribution < 1.29 is 69.0 Å². The van der Waals surface area contributed by atoms with E-state index < -0.39 is 14.0 Å². The Morgan fingerprint density at radius 2 is 0.643 bits per heavy atom. The van der Waals surface area contributed by atoms with Crippen molar-refractivity contribution in [1.29, 1.82) is 0 Å². The summed E-state index contributed by atoms with van der Waals surface area (Å²) in [6.07, 6.45) is 10.1. The molecular weight excluding hydrogens is 1950 g/mol. The molecule has 25 aromatic rings. The van der Waals surface area contributed by atoms with Crippen molar-refractivity contribution in [2.75, 3.05) is 0 Å². The molecule has 16 aromatic carbocycles. The number of fused-ring (bicyclic) bond motifs is 17. The van der Waals surface area contributed by atoms with Crippen molar-refractivity contribution in [1.82, 2.24) is 41.9 Å². The number of hydrogen-bond acceptors (Lipinski definition) is 4. The van der Waals surface area contributed by atoms with Gasteiger partial charge in [0.2, 0.25) is 12.7 Å². The van der Waals surface area contributed by atoms with Crippen LogP contribution in [0.4, 0.5) is 0 Å². The van der Waals surface area contributed by atoms with Crippen molar-refractivity contribution in [3.63, 3.8) is 0 Å². The molecule has 0 aliphatic carbocycles. The van der Waals surface area contributed by atoms with E-state index in [9.17, 15) is 0 Å². The summed E-state index contributed by atoms with van der Waals surface area (Å²) in [6.45, 7) is 1.42. The maximum atomic E-state index is 9.10. The van der Waals surface area contributed by atoms with Gasteiger partial charge in [0.1, 0.15) is 11.6 Å². The number of rotatable bonds is 13. The Bertz CT molecular complexity index is 8950. The van der Waals surface area contributed by atoms with Gasteiger partial charge in [-0.3, -0.25) is 0 Å². The van der Waals surface area contributed by atoms with E-state index in [0.717, 1.165) is 166 Å². The molecule has 13 nitrogen and oxygen atoms in total. The van der Waals surface area contributed by atoms with Crippen LogP contribution in [-0.2, 0) is 61.5 Å². The molecule has 9 aromatic heterocycles. The third-order valence-corrected chi connectivity index (χ3v) is 24.5. The number of nitrogens with zero attached hydrogens (tertiary/aromatic N) is 11. The molecule has 0 aliphatic rings. The minimum atomic E-state index is -2.63. The molecular formula is C114H77N11O2Pt2-4. The predicted molar refractivity (Wildman–Crippen MR) is 512 cm³/mol. The second kappa shape index (κ2) is 32.0. The molecule has 9 heterocycles. The van der Waals surface area contributed by atoms with Gasteiger partial charge in [-0.05, 0) is 124 Å². The van der Waals surface area contributed by atoms with Crippen LogP contribution < -0.4 is 18.6 Å². The first-order chi connectivity index (χ1) is 64.9. The molecule has 0 fully saturated rings. The molecule has 129 heavy (non-hydrogen) atoms. The number of benzene rings is 16. The summed E-state index contributed by atoms with van der Waals surface area (Å²) in [5, 5.41) is 10.8. The van der Waals surface area contributed by atoms with E-state index in [4.69, 9.17) is 17.7 Å². The third kappa shape index (κ3) is 13.1. The summed E-state index contributed by atoms with van der Waals surface area (Å²) >= 11 is 0. The van der Waals surface area contributed by atoms with Gasteiger partial charge >= 0.3 is 0 Å². The fraction of sp³-hybridized carbons (Fsp3) is 0.0526. The fourth-order valence-corrected chi connectivity index (χ4v) is 19.2. The minimum Gasteiger partial charge on any atom is -0.510 e. The van der Waals surface area contributed by atoms with Gasteiger partial charge in [-0.15, -0.1) is 59.3 Å². The standard InChI is InChI=1S/C61H38N6O.C53H39N5O.2Pt/c1-63-39-64(41-19-15-20-42(37-41)68-43-32-33-48-46-23-7-12-29-54(46)67(57(48)38-43)58-31-13-14-36-62-58)56-30-16-25-50(60(56)63)59-55(66-52-27-10-5-21-44(52)45-22-6-11-28-53(45)66)35-34-49-47-24-8-9-26-51(47)65(61(49)59)40-17-3-2-4-18-40;1-53(2,3)44-30-29-42-40-21-9-10-23-45(40)57(35-16-6-5-7-17-35)52(42)50(44)43-22-15-25-47-51(43)55(4)34-56(47)36-18-14-19-37(32-36)59-38-27-28-41-39-20-8-11-24-46(39)58(48(41)33-38)49-26-12-13-31-54-49;;/h2-36H,1H3;5-31H,1-4H3;;/q2*-2;;/i1D3;4D3;;. The van der Waals surface area contributed by atoms with Crippen LogP contribution in [-0.4, -0.2) is 41.9 Å². The SMILES string of the molecule is [2H]C([2H])([2H])[n+]1[c-]n(-c2[c-]c(Oc3[c-]c4c(cc3)c3ccccc3n4-c3ccccn3)ccc2)c2cccc(-c3c(-n4c5ccccc5c5ccccc54)ccc4c5ccccc5n(-c5ccccc5)c34)c21.[2H]C([2H])([2H])[n+]1[c-]n(-c2[c-]c(Oc3[c-]c4c(cc3)c3ccccc3n4-c3ccccn3)ccc2)c2cccc(-c3c(C(C)(C)C)ccc4c5ccccc5n(-c5ccccc5)c34)c21.[Pt].[Pt]. The average molecular weight is 2030 g/mol. The molecule has 0 N–H and O–H groups in total. The van der Waals surface area contributed by atoms with Crippen molar-refractivity contribution in [3.8, 4) is 85.3 Å². The number of pyridine rings is 2. The monoisotopic (exact) mass is 2030 g/mol. The summed E-state index contributed by atoms with van der Waals surface area (Å²) in [5.41, 5.74) is 20.4. The van der Waals surface area contributed by atoms with Crippen molar-refractivity contribution in [2.24, 2.45) is 14.0 Å². The normalized spacial score (nSPS) is 12.7. The summed E-state index contributed by atoms with van der Waals surface area (Å²) in [7, 11) is 0. The van der Waals surface area contributed by atoms with E-state index >= 15 is 0 Å². The Morgan fingerprint density at radius 1 is 0.295 bits per heavy atom.